The molecule has 94 valence electrons. The third-order valence-electron chi connectivity index (χ3n) is 2.88. The van der Waals surface area contributed by atoms with Gasteiger partial charge in [-0.05, 0) is 24.5 Å². The highest BCUT2D eigenvalue weighted by molar-refractivity contribution is 5.25. The molecule has 2 aromatic rings. The number of aromatic nitrogens is 3. The van der Waals surface area contributed by atoms with Gasteiger partial charge in [0, 0.05) is 31.9 Å². The molecule has 5 nitrogen and oxygen atoms in total. The molecule has 0 unspecified atom stereocenters. The third-order valence-corrected chi connectivity index (χ3v) is 2.88. The quantitative estimate of drug-likeness (QED) is 0.872. The predicted molar refractivity (Wildman–Crippen MR) is 67.4 cm³/mol. The fourth-order valence-corrected chi connectivity index (χ4v) is 1.74. The average Bonchev–Trinajstić information content (AvgIpc) is 3.11. The van der Waals surface area contributed by atoms with Crippen LogP contribution >= 0.6 is 0 Å². The van der Waals surface area contributed by atoms with E-state index in [1.807, 2.05) is 25.4 Å². The Kier molecular flexibility index (Phi) is 2.98. The number of rotatable bonds is 5. The Morgan fingerprint density at radius 2 is 2.39 bits per heavy atom. The maximum atomic E-state index is 5.64. The standard InChI is InChI=1S/C13H16N4O/c1-17-9-12(8-16-17)18-13-6-10(4-5-14-13)7-15-11-2-3-11/h4-6,8-9,11,15H,2-3,7H2,1H3. The Balaban J connectivity index is 1.65. The molecule has 0 atom stereocenters. The van der Waals surface area contributed by atoms with E-state index in [4.69, 9.17) is 4.74 Å². The van der Waals surface area contributed by atoms with Crippen LogP contribution in [0.15, 0.2) is 30.7 Å². The minimum atomic E-state index is 0.609. The van der Waals surface area contributed by atoms with Gasteiger partial charge in [0.05, 0.1) is 12.4 Å². The molecule has 5 heteroatoms. The zero-order chi connectivity index (χ0) is 12.4. The van der Waals surface area contributed by atoms with E-state index in [1.165, 1.54) is 18.4 Å². The highest BCUT2D eigenvalue weighted by Gasteiger charge is 2.19. The zero-order valence-electron chi connectivity index (χ0n) is 10.3. The van der Waals surface area contributed by atoms with Crippen molar-refractivity contribution >= 4 is 0 Å². The van der Waals surface area contributed by atoms with Gasteiger partial charge < -0.3 is 10.1 Å². The predicted octanol–water partition coefficient (Wildman–Crippen LogP) is 1.86. The van der Waals surface area contributed by atoms with Crippen molar-refractivity contribution in [3.63, 3.8) is 0 Å². The topological polar surface area (TPSA) is 52.0 Å². The lowest BCUT2D eigenvalue weighted by atomic mass is 10.2. The van der Waals surface area contributed by atoms with Crippen LogP contribution in [0.5, 0.6) is 11.6 Å². The third kappa shape index (κ3) is 2.87. The van der Waals surface area contributed by atoms with E-state index in [0.29, 0.717) is 17.7 Å². The largest absolute Gasteiger partial charge is 0.436 e. The molecule has 3 rings (SSSR count). The van der Waals surface area contributed by atoms with Crippen molar-refractivity contribution < 1.29 is 4.74 Å². The molecule has 1 N–H and O–H groups in total. The Hall–Kier alpha value is -1.88. The van der Waals surface area contributed by atoms with Crippen molar-refractivity contribution in [2.75, 3.05) is 0 Å². The lowest BCUT2D eigenvalue weighted by Crippen LogP contribution is -2.15. The average molecular weight is 244 g/mol. The first-order chi connectivity index (χ1) is 8.79. The summed E-state index contributed by atoms with van der Waals surface area (Å²) in [5.74, 6) is 1.32. The van der Waals surface area contributed by atoms with Crippen molar-refractivity contribution in [1.82, 2.24) is 20.1 Å². The highest BCUT2D eigenvalue weighted by atomic mass is 16.5. The second-order valence-electron chi connectivity index (χ2n) is 4.61. The van der Waals surface area contributed by atoms with Gasteiger partial charge in [0.1, 0.15) is 0 Å². The second kappa shape index (κ2) is 4.78. The van der Waals surface area contributed by atoms with Crippen LogP contribution in [0.1, 0.15) is 18.4 Å². The molecular weight excluding hydrogens is 228 g/mol. The first-order valence-electron chi connectivity index (χ1n) is 6.14. The number of nitrogens with zero attached hydrogens (tertiary/aromatic N) is 3. The van der Waals surface area contributed by atoms with Crippen LogP contribution in [0, 0.1) is 0 Å². The monoisotopic (exact) mass is 244 g/mol. The van der Waals surface area contributed by atoms with E-state index in [2.05, 4.69) is 15.4 Å². The molecule has 2 aromatic heterocycles. The number of ether oxygens (including phenoxy) is 1. The van der Waals surface area contributed by atoms with Crippen LogP contribution in [-0.2, 0) is 13.6 Å². The molecule has 0 aliphatic heterocycles. The van der Waals surface area contributed by atoms with Gasteiger partial charge >= 0.3 is 0 Å². The van der Waals surface area contributed by atoms with Crippen LogP contribution in [0.2, 0.25) is 0 Å². The van der Waals surface area contributed by atoms with Gasteiger partial charge in [-0.15, -0.1) is 0 Å². The maximum Gasteiger partial charge on any atom is 0.219 e. The van der Waals surface area contributed by atoms with Crippen molar-refractivity contribution in [3.05, 3.63) is 36.3 Å². The molecule has 0 spiro atoms. The summed E-state index contributed by atoms with van der Waals surface area (Å²) in [4.78, 5) is 4.20. The molecular formula is C13H16N4O. The molecule has 1 saturated carbocycles. The lowest BCUT2D eigenvalue weighted by Gasteiger charge is -2.05. The molecule has 0 amide bonds. The SMILES string of the molecule is Cn1cc(Oc2cc(CNC3CC3)ccn2)cn1. The van der Waals surface area contributed by atoms with Crippen LogP contribution in [0.4, 0.5) is 0 Å². The fraction of sp³-hybridized carbons (Fsp3) is 0.385. The van der Waals surface area contributed by atoms with Crippen LogP contribution in [0.25, 0.3) is 0 Å². The van der Waals surface area contributed by atoms with Crippen molar-refractivity contribution in [1.29, 1.82) is 0 Å². The highest BCUT2D eigenvalue weighted by Crippen LogP contribution is 2.21. The van der Waals surface area contributed by atoms with E-state index >= 15 is 0 Å². The van der Waals surface area contributed by atoms with Crippen LogP contribution in [0.3, 0.4) is 0 Å². The molecule has 1 aliphatic carbocycles. The summed E-state index contributed by atoms with van der Waals surface area (Å²) in [6, 6.07) is 4.68. The number of hydrogen-bond acceptors (Lipinski definition) is 4. The Bertz CT molecular complexity index is 533. The molecule has 1 aliphatic rings. The fourth-order valence-electron chi connectivity index (χ4n) is 1.74. The van der Waals surface area contributed by atoms with E-state index in [0.717, 1.165) is 6.54 Å². The lowest BCUT2D eigenvalue weighted by molar-refractivity contribution is 0.461. The summed E-state index contributed by atoms with van der Waals surface area (Å²) in [5.41, 5.74) is 1.19. The molecule has 0 saturated heterocycles. The second-order valence-corrected chi connectivity index (χ2v) is 4.61. The minimum absolute atomic E-state index is 0.609. The number of aryl methyl sites for hydroxylation is 1. The normalized spacial score (nSPS) is 14.7. The summed E-state index contributed by atoms with van der Waals surface area (Å²) in [6.45, 7) is 0.872. The van der Waals surface area contributed by atoms with Crippen molar-refractivity contribution in [3.8, 4) is 11.6 Å². The smallest absolute Gasteiger partial charge is 0.219 e. The molecule has 2 heterocycles. The zero-order valence-corrected chi connectivity index (χ0v) is 10.3. The molecule has 0 aromatic carbocycles. The van der Waals surface area contributed by atoms with Crippen LogP contribution < -0.4 is 10.1 Å². The summed E-state index contributed by atoms with van der Waals surface area (Å²) in [6.07, 6.45) is 7.86. The van der Waals surface area contributed by atoms with Gasteiger partial charge in [-0.3, -0.25) is 4.68 Å². The molecule has 1 fully saturated rings. The Morgan fingerprint density at radius 3 is 3.11 bits per heavy atom. The summed E-state index contributed by atoms with van der Waals surface area (Å²) < 4.78 is 7.34. The van der Waals surface area contributed by atoms with Crippen molar-refractivity contribution in [2.24, 2.45) is 7.05 Å². The van der Waals surface area contributed by atoms with E-state index in [1.54, 1.807) is 17.1 Å². The Labute approximate surface area is 106 Å². The van der Waals surface area contributed by atoms with Gasteiger partial charge in [-0.1, -0.05) is 0 Å². The molecule has 18 heavy (non-hydrogen) atoms. The summed E-state index contributed by atoms with van der Waals surface area (Å²) in [5, 5.41) is 7.52. The number of pyridine rings is 1. The van der Waals surface area contributed by atoms with E-state index < -0.39 is 0 Å². The van der Waals surface area contributed by atoms with Crippen molar-refractivity contribution in [2.45, 2.75) is 25.4 Å². The van der Waals surface area contributed by atoms with Crippen LogP contribution in [-0.4, -0.2) is 20.8 Å². The first-order valence-corrected chi connectivity index (χ1v) is 6.14. The number of nitrogens with one attached hydrogen (secondary N) is 1. The maximum absolute atomic E-state index is 5.64. The summed E-state index contributed by atoms with van der Waals surface area (Å²) >= 11 is 0. The van der Waals surface area contributed by atoms with Gasteiger partial charge in [0.25, 0.3) is 0 Å². The van der Waals surface area contributed by atoms with Gasteiger partial charge in [0.2, 0.25) is 5.88 Å². The van der Waals surface area contributed by atoms with E-state index in [9.17, 15) is 0 Å². The van der Waals surface area contributed by atoms with E-state index in [-0.39, 0.29) is 0 Å². The first kappa shape index (κ1) is 11.2. The summed E-state index contributed by atoms with van der Waals surface area (Å²) in [7, 11) is 1.86. The van der Waals surface area contributed by atoms with Gasteiger partial charge in [-0.2, -0.15) is 5.10 Å². The van der Waals surface area contributed by atoms with Gasteiger partial charge in [-0.25, -0.2) is 4.98 Å². The minimum Gasteiger partial charge on any atom is -0.436 e. The van der Waals surface area contributed by atoms with Gasteiger partial charge in [0.15, 0.2) is 5.75 Å². The molecule has 0 radical (unpaired) electrons. The Morgan fingerprint density at radius 1 is 1.50 bits per heavy atom. The number of hydrogen-bond donors (Lipinski definition) is 1. The molecule has 0 bridgehead atoms.